The van der Waals surface area contributed by atoms with E-state index in [2.05, 4.69) is 12.2 Å². The van der Waals surface area contributed by atoms with Gasteiger partial charge in [-0.1, -0.05) is 19.1 Å². The summed E-state index contributed by atoms with van der Waals surface area (Å²) in [6.07, 6.45) is 1.08. The van der Waals surface area contributed by atoms with Gasteiger partial charge in [-0.3, -0.25) is 0 Å². The highest BCUT2D eigenvalue weighted by molar-refractivity contribution is 5.68. The minimum absolute atomic E-state index is 0.547. The fourth-order valence-electron chi connectivity index (χ4n) is 2.21. The minimum atomic E-state index is -0.547. The van der Waals surface area contributed by atoms with Crippen LogP contribution in [-0.4, -0.2) is 6.54 Å². The molecule has 0 spiro atoms. The van der Waals surface area contributed by atoms with Crippen LogP contribution in [-0.2, 0) is 6.54 Å². The molecule has 0 aliphatic carbocycles. The van der Waals surface area contributed by atoms with Crippen LogP contribution >= 0.6 is 0 Å². The molecule has 0 atom stereocenters. The predicted octanol–water partition coefficient (Wildman–Crippen LogP) is 4.44. The van der Waals surface area contributed by atoms with Crippen LogP contribution in [0.3, 0.4) is 0 Å². The van der Waals surface area contributed by atoms with Crippen LogP contribution in [0.25, 0.3) is 11.1 Å². The van der Waals surface area contributed by atoms with E-state index in [4.69, 9.17) is 0 Å². The first-order valence-electron chi connectivity index (χ1n) is 6.87. The number of rotatable bonds is 5. The molecule has 2 aromatic carbocycles. The third kappa shape index (κ3) is 3.64. The van der Waals surface area contributed by atoms with Gasteiger partial charge in [-0.2, -0.15) is 0 Å². The summed E-state index contributed by atoms with van der Waals surface area (Å²) in [4.78, 5) is 0. The number of benzene rings is 2. The van der Waals surface area contributed by atoms with Crippen molar-refractivity contribution in [1.82, 2.24) is 5.32 Å². The van der Waals surface area contributed by atoms with E-state index >= 15 is 0 Å². The molecule has 0 unspecified atom stereocenters. The third-order valence-electron chi connectivity index (χ3n) is 3.23. The van der Waals surface area contributed by atoms with Crippen molar-refractivity contribution in [2.24, 2.45) is 0 Å². The monoisotopic (exact) mass is 275 g/mol. The number of hydrogen-bond donors (Lipinski definition) is 1. The molecule has 106 valence electrons. The van der Waals surface area contributed by atoms with E-state index < -0.39 is 11.6 Å². The molecule has 0 aromatic heterocycles. The van der Waals surface area contributed by atoms with E-state index in [0.717, 1.165) is 42.3 Å². The number of aryl methyl sites for hydroxylation is 1. The zero-order valence-electron chi connectivity index (χ0n) is 11.8. The highest BCUT2D eigenvalue weighted by atomic mass is 19.1. The molecule has 2 aromatic rings. The van der Waals surface area contributed by atoms with Crippen molar-refractivity contribution in [1.29, 1.82) is 0 Å². The molecule has 1 N–H and O–H groups in total. The van der Waals surface area contributed by atoms with Crippen LogP contribution in [0, 0.1) is 18.6 Å². The highest BCUT2D eigenvalue weighted by Crippen LogP contribution is 2.26. The van der Waals surface area contributed by atoms with Gasteiger partial charge in [0.15, 0.2) is 0 Å². The fourth-order valence-corrected chi connectivity index (χ4v) is 2.21. The van der Waals surface area contributed by atoms with Crippen LogP contribution in [0.15, 0.2) is 36.4 Å². The van der Waals surface area contributed by atoms with Gasteiger partial charge >= 0.3 is 0 Å². The van der Waals surface area contributed by atoms with Crippen LogP contribution in [0.4, 0.5) is 8.78 Å². The second-order valence-corrected chi connectivity index (χ2v) is 4.98. The summed E-state index contributed by atoms with van der Waals surface area (Å²) >= 11 is 0. The van der Waals surface area contributed by atoms with Crippen molar-refractivity contribution < 1.29 is 8.78 Å². The van der Waals surface area contributed by atoms with E-state index in [1.54, 1.807) is 0 Å². The molecule has 0 saturated carbocycles. The summed E-state index contributed by atoms with van der Waals surface area (Å²) in [7, 11) is 0. The van der Waals surface area contributed by atoms with Crippen LogP contribution < -0.4 is 5.32 Å². The van der Waals surface area contributed by atoms with E-state index in [1.807, 2.05) is 25.1 Å². The Morgan fingerprint density at radius 2 is 1.70 bits per heavy atom. The van der Waals surface area contributed by atoms with Crippen LogP contribution in [0.1, 0.15) is 24.5 Å². The van der Waals surface area contributed by atoms with Gasteiger partial charge in [0.2, 0.25) is 0 Å². The van der Waals surface area contributed by atoms with Crippen molar-refractivity contribution in [3.05, 3.63) is 59.2 Å². The standard InChI is InChI=1S/C17H19F2N/c1-3-6-20-11-13-5-4-12(2)17(7-13)14-8-15(18)10-16(19)9-14/h4-5,7-10,20H,3,6,11H2,1-2H3. The molecule has 0 aliphatic heterocycles. The summed E-state index contributed by atoms with van der Waals surface area (Å²) in [5.74, 6) is -1.09. The molecule has 0 bridgehead atoms. The van der Waals surface area contributed by atoms with Gasteiger partial charge in [-0.15, -0.1) is 0 Å². The lowest BCUT2D eigenvalue weighted by Crippen LogP contribution is -2.13. The summed E-state index contributed by atoms with van der Waals surface area (Å²) in [6, 6.07) is 9.65. The van der Waals surface area contributed by atoms with Crippen molar-refractivity contribution in [3.63, 3.8) is 0 Å². The molecule has 0 heterocycles. The van der Waals surface area contributed by atoms with Crippen LogP contribution in [0.2, 0.25) is 0 Å². The highest BCUT2D eigenvalue weighted by Gasteiger charge is 2.07. The maximum Gasteiger partial charge on any atom is 0.126 e. The lowest BCUT2D eigenvalue weighted by molar-refractivity contribution is 0.584. The second kappa shape index (κ2) is 6.62. The number of halogens is 2. The molecular weight excluding hydrogens is 256 g/mol. The molecule has 2 rings (SSSR count). The lowest BCUT2D eigenvalue weighted by atomic mass is 9.98. The first-order valence-corrected chi connectivity index (χ1v) is 6.87. The van der Waals surface area contributed by atoms with Gasteiger partial charge in [0.25, 0.3) is 0 Å². The molecular formula is C17H19F2N. The summed E-state index contributed by atoms with van der Waals surface area (Å²) < 4.78 is 26.7. The molecule has 3 heteroatoms. The quantitative estimate of drug-likeness (QED) is 0.795. The second-order valence-electron chi connectivity index (χ2n) is 4.98. The number of nitrogens with one attached hydrogen (secondary N) is 1. The van der Waals surface area contributed by atoms with E-state index in [0.29, 0.717) is 5.56 Å². The van der Waals surface area contributed by atoms with Crippen molar-refractivity contribution in [2.75, 3.05) is 6.54 Å². The molecule has 0 saturated heterocycles. The Kier molecular flexibility index (Phi) is 4.85. The van der Waals surface area contributed by atoms with Gasteiger partial charge in [-0.25, -0.2) is 8.78 Å². The maximum absolute atomic E-state index is 13.3. The van der Waals surface area contributed by atoms with E-state index in [-0.39, 0.29) is 0 Å². The molecule has 20 heavy (non-hydrogen) atoms. The normalized spacial score (nSPS) is 10.8. The van der Waals surface area contributed by atoms with Gasteiger partial charge in [-0.05, 0) is 60.3 Å². The Hall–Kier alpha value is -1.74. The lowest BCUT2D eigenvalue weighted by Gasteiger charge is -2.10. The fraction of sp³-hybridized carbons (Fsp3) is 0.294. The van der Waals surface area contributed by atoms with Crippen molar-refractivity contribution >= 4 is 0 Å². The zero-order valence-corrected chi connectivity index (χ0v) is 11.8. The topological polar surface area (TPSA) is 12.0 Å². The Labute approximate surface area is 118 Å². The molecule has 0 fully saturated rings. The third-order valence-corrected chi connectivity index (χ3v) is 3.23. The summed E-state index contributed by atoms with van der Waals surface area (Å²) in [6.45, 7) is 5.78. The van der Waals surface area contributed by atoms with Crippen molar-refractivity contribution in [3.8, 4) is 11.1 Å². The average Bonchev–Trinajstić information content (AvgIpc) is 2.40. The zero-order chi connectivity index (χ0) is 14.5. The molecule has 0 amide bonds. The van der Waals surface area contributed by atoms with E-state index in [9.17, 15) is 8.78 Å². The Morgan fingerprint density at radius 3 is 2.35 bits per heavy atom. The Balaban J connectivity index is 2.32. The van der Waals surface area contributed by atoms with Gasteiger partial charge in [0, 0.05) is 12.6 Å². The summed E-state index contributed by atoms with van der Waals surface area (Å²) in [5.41, 5.74) is 3.58. The van der Waals surface area contributed by atoms with Gasteiger partial charge in [0.1, 0.15) is 11.6 Å². The Morgan fingerprint density at radius 1 is 1.00 bits per heavy atom. The minimum Gasteiger partial charge on any atom is -0.313 e. The number of hydrogen-bond acceptors (Lipinski definition) is 1. The molecule has 1 nitrogen and oxygen atoms in total. The smallest absolute Gasteiger partial charge is 0.126 e. The first-order chi connectivity index (χ1) is 9.60. The average molecular weight is 275 g/mol. The molecule has 0 aliphatic rings. The SMILES string of the molecule is CCCNCc1ccc(C)c(-c2cc(F)cc(F)c2)c1. The largest absolute Gasteiger partial charge is 0.313 e. The first kappa shape index (κ1) is 14.7. The van der Waals surface area contributed by atoms with Crippen molar-refractivity contribution in [2.45, 2.75) is 26.8 Å². The summed E-state index contributed by atoms with van der Waals surface area (Å²) in [5, 5.41) is 3.32. The Bertz CT molecular complexity index is 573. The predicted molar refractivity (Wildman–Crippen MR) is 78.5 cm³/mol. The molecule has 0 radical (unpaired) electrons. The van der Waals surface area contributed by atoms with Crippen LogP contribution in [0.5, 0.6) is 0 Å². The maximum atomic E-state index is 13.3. The van der Waals surface area contributed by atoms with Gasteiger partial charge in [0.05, 0.1) is 0 Å². The van der Waals surface area contributed by atoms with Gasteiger partial charge < -0.3 is 5.32 Å². The van der Waals surface area contributed by atoms with E-state index in [1.165, 1.54) is 12.1 Å².